The molecule has 0 saturated carbocycles. The van der Waals surface area contributed by atoms with Crippen molar-refractivity contribution in [2.24, 2.45) is 0 Å². The molecule has 0 radical (unpaired) electrons. The monoisotopic (exact) mass is 315 g/mol. The van der Waals surface area contributed by atoms with Gasteiger partial charge in [0, 0.05) is 11.6 Å². The Hall–Kier alpha value is -2.27. The topological polar surface area (TPSA) is 59.2 Å². The van der Waals surface area contributed by atoms with Crippen LogP contribution in [0.15, 0.2) is 53.6 Å². The maximum atomic E-state index is 12.6. The van der Waals surface area contributed by atoms with Crippen molar-refractivity contribution in [1.29, 1.82) is 0 Å². The number of nitrogens with one attached hydrogen (secondary N) is 1. The number of sulfone groups is 1. The van der Waals surface area contributed by atoms with Crippen LogP contribution in [-0.2, 0) is 15.6 Å². The molecule has 114 valence electrons. The normalized spacial score (nSPS) is 11.7. The molecular weight excluding hydrogens is 298 g/mol. The Morgan fingerprint density at radius 3 is 2.50 bits per heavy atom. The zero-order chi connectivity index (χ0) is 15.7. The predicted molar refractivity (Wildman–Crippen MR) is 86.9 cm³/mol. The van der Waals surface area contributed by atoms with Crippen molar-refractivity contribution in [2.75, 3.05) is 7.11 Å². The molecule has 0 spiro atoms. The number of benzene rings is 2. The second-order valence-corrected chi connectivity index (χ2v) is 7.26. The Morgan fingerprint density at radius 1 is 1.09 bits per heavy atom. The number of methoxy groups -OCH3 is 1. The lowest BCUT2D eigenvalue weighted by Crippen LogP contribution is -2.04. The van der Waals surface area contributed by atoms with Crippen LogP contribution in [0.25, 0.3) is 10.9 Å². The second-order valence-electron chi connectivity index (χ2n) is 5.27. The summed E-state index contributed by atoms with van der Waals surface area (Å²) in [6.07, 6.45) is 1.74. The summed E-state index contributed by atoms with van der Waals surface area (Å²) in [4.78, 5) is 3.44. The molecule has 1 heterocycles. The molecule has 22 heavy (non-hydrogen) atoms. The van der Waals surface area contributed by atoms with E-state index in [0.29, 0.717) is 10.6 Å². The summed E-state index contributed by atoms with van der Waals surface area (Å²) in [5, 5.41) is 0.870. The first-order valence-corrected chi connectivity index (χ1v) is 8.59. The van der Waals surface area contributed by atoms with Crippen molar-refractivity contribution in [3.05, 3.63) is 59.8 Å². The van der Waals surface area contributed by atoms with Crippen LogP contribution >= 0.6 is 0 Å². The van der Waals surface area contributed by atoms with Gasteiger partial charge in [-0.05, 0) is 30.7 Å². The quantitative estimate of drug-likeness (QED) is 0.802. The molecule has 0 atom stereocenters. The number of aromatic amines is 1. The van der Waals surface area contributed by atoms with Gasteiger partial charge in [-0.15, -0.1) is 0 Å². The first-order chi connectivity index (χ1) is 10.5. The van der Waals surface area contributed by atoms with Gasteiger partial charge in [0.2, 0.25) is 0 Å². The fraction of sp³-hybridized carbons (Fsp3) is 0.176. The molecular formula is C17H17NO3S. The fourth-order valence-corrected chi connectivity index (χ4v) is 3.87. The van der Waals surface area contributed by atoms with Crippen molar-refractivity contribution in [3.8, 4) is 5.75 Å². The largest absolute Gasteiger partial charge is 0.495 e. The van der Waals surface area contributed by atoms with Crippen molar-refractivity contribution >= 4 is 20.7 Å². The minimum Gasteiger partial charge on any atom is -0.495 e. The van der Waals surface area contributed by atoms with E-state index in [9.17, 15) is 8.42 Å². The van der Waals surface area contributed by atoms with Crippen LogP contribution in [0.5, 0.6) is 5.75 Å². The lowest BCUT2D eigenvalue weighted by Gasteiger charge is -2.05. The van der Waals surface area contributed by atoms with E-state index in [1.54, 1.807) is 25.4 Å². The smallest absolute Gasteiger partial charge is 0.182 e. The summed E-state index contributed by atoms with van der Waals surface area (Å²) in [5.41, 5.74) is 2.60. The molecule has 0 aliphatic rings. The number of hydrogen-bond donors (Lipinski definition) is 1. The molecule has 3 rings (SSSR count). The van der Waals surface area contributed by atoms with E-state index in [0.717, 1.165) is 22.0 Å². The van der Waals surface area contributed by atoms with Crippen LogP contribution in [0, 0.1) is 6.92 Å². The van der Waals surface area contributed by atoms with E-state index in [4.69, 9.17) is 4.74 Å². The third-order valence-corrected chi connectivity index (χ3v) is 5.39. The Labute approximate surface area is 129 Å². The first-order valence-electron chi connectivity index (χ1n) is 6.93. The Bertz CT molecular complexity index is 909. The molecule has 0 amide bonds. The van der Waals surface area contributed by atoms with Crippen molar-refractivity contribution in [2.45, 2.75) is 17.6 Å². The van der Waals surface area contributed by atoms with Crippen molar-refractivity contribution in [3.63, 3.8) is 0 Å². The summed E-state index contributed by atoms with van der Waals surface area (Å²) in [7, 11) is -1.78. The molecule has 4 nitrogen and oxygen atoms in total. The Balaban J connectivity index is 2.01. The van der Waals surface area contributed by atoms with Crippen molar-refractivity contribution < 1.29 is 13.2 Å². The first kappa shape index (κ1) is 14.7. The highest BCUT2D eigenvalue weighted by Gasteiger charge is 2.18. The number of ether oxygens (including phenoxy) is 1. The lowest BCUT2D eigenvalue weighted by atomic mass is 10.2. The van der Waals surface area contributed by atoms with E-state index in [1.807, 2.05) is 37.3 Å². The molecule has 1 aromatic heterocycles. The lowest BCUT2D eigenvalue weighted by molar-refractivity contribution is 0.419. The van der Waals surface area contributed by atoms with Crippen LogP contribution in [0.4, 0.5) is 0 Å². The highest BCUT2D eigenvalue weighted by Crippen LogP contribution is 2.29. The number of rotatable bonds is 4. The molecule has 3 aromatic rings. The fourth-order valence-electron chi connectivity index (χ4n) is 2.51. The van der Waals surface area contributed by atoms with E-state index >= 15 is 0 Å². The van der Waals surface area contributed by atoms with Gasteiger partial charge in [0.15, 0.2) is 9.84 Å². The number of para-hydroxylation sites is 1. The van der Waals surface area contributed by atoms with E-state index in [-0.39, 0.29) is 5.75 Å². The van der Waals surface area contributed by atoms with E-state index < -0.39 is 9.84 Å². The van der Waals surface area contributed by atoms with E-state index in [2.05, 4.69) is 4.98 Å². The third-order valence-electron chi connectivity index (χ3n) is 3.71. The number of hydrogen-bond acceptors (Lipinski definition) is 3. The number of aromatic nitrogens is 1. The van der Waals surface area contributed by atoms with Gasteiger partial charge < -0.3 is 9.72 Å². The van der Waals surface area contributed by atoms with Crippen LogP contribution in [0.3, 0.4) is 0 Å². The molecule has 0 unspecified atom stereocenters. The maximum absolute atomic E-state index is 12.6. The number of fused-ring (bicyclic) bond motifs is 1. The molecule has 2 aromatic carbocycles. The molecule has 1 N–H and O–H groups in total. The summed E-state index contributed by atoms with van der Waals surface area (Å²) >= 11 is 0. The minimum absolute atomic E-state index is 0.0385. The van der Waals surface area contributed by atoms with Gasteiger partial charge in [-0.3, -0.25) is 0 Å². The highest BCUT2D eigenvalue weighted by molar-refractivity contribution is 7.90. The van der Waals surface area contributed by atoms with Crippen LogP contribution in [-0.4, -0.2) is 20.5 Å². The number of aryl methyl sites for hydroxylation is 1. The standard InChI is InChI=1S/C17H17NO3S/c1-12-6-8-14(9-7-12)22(19,20)11-13-10-18-17-15(13)4-3-5-16(17)21-2/h3-10,18H,11H2,1-2H3. The predicted octanol–water partition coefficient (Wildman–Crippen LogP) is 3.46. The molecule has 0 fully saturated rings. The van der Waals surface area contributed by atoms with Gasteiger partial charge in [0.05, 0.1) is 23.3 Å². The molecule has 0 aliphatic heterocycles. The van der Waals surface area contributed by atoms with Crippen LogP contribution in [0.2, 0.25) is 0 Å². The van der Waals surface area contributed by atoms with Gasteiger partial charge >= 0.3 is 0 Å². The van der Waals surface area contributed by atoms with Crippen molar-refractivity contribution in [1.82, 2.24) is 4.98 Å². The average Bonchev–Trinajstić information content (AvgIpc) is 2.90. The molecule has 0 saturated heterocycles. The second kappa shape index (κ2) is 5.50. The zero-order valence-electron chi connectivity index (χ0n) is 12.5. The van der Waals surface area contributed by atoms with Gasteiger partial charge in [-0.2, -0.15) is 0 Å². The van der Waals surface area contributed by atoms with Gasteiger partial charge in [0.25, 0.3) is 0 Å². The Kier molecular flexibility index (Phi) is 3.66. The van der Waals surface area contributed by atoms with Crippen LogP contribution in [0.1, 0.15) is 11.1 Å². The average molecular weight is 315 g/mol. The maximum Gasteiger partial charge on any atom is 0.182 e. The molecule has 0 bridgehead atoms. The van der Waals surface area contributed by atoms with Crippen LogP contribution < -0.4 is 4.74 Å². The highest BCUT2D eigenvalue weighted by atomic mass is 32.2. The van der Waals surface area contributed by atoms with Gasteiger partial charge in [-0.25, -0.2) is 8.42 Å². The SMILES string of the molecule is COc1cccc2c(CS(=O)(=O)c3ccc(C)cc3)c[nH]c12. The molecule has 5 heteroatoms. The number of H-pyrrole nitrogens is 1. The minimum atomic E-state index is -3.37. The van der Waals surface area contributed by atoms with Gasteiger partial charge in [0.1, 0.15) is 5.75 Å². The summed E-state index contributed by atoms with van der Waals surface area (Å²) in [5.74, 6) is 0.667. The Morgan fingerprint density at radius 2 is 1.82 bits per heavy atom. The summed E-state index contributed by atoms with van der Waals surface area (Å²) in [6, 6.07) is 12.5. The zero-order valence-corrected chi connectivity index (χ0v) is 13.3. The third kappa shape index (κ3) is 2.60. The summed E-state index contributed by atoms with van der Waals surface area (Å²) in [6.45, 7) is 1.93. The summed E-state index contributed by atoms with van der Waals surface area (Å²) < 4.78 is 30.4. The molecule has 0 aliphatic carbocycles. The van der Waals surface area contributed by atoms with E-state index in [1.165, 1.54) is 0 Å². The van der Waals surface area contributed by atoms with Gasteiger partial charge in [-0.1, -0.05) is 29.8 Å².